The molecule has 0 aliphatic rings. The molecule has 0 aromatic rings. The molecule has 0 bridgehead atoms. The Bertz CT molecular complexity index is 128. The fourth-order valence-electron chi connectivity index (χ4n) is 0.384. The molecule has 0 saturated carbocycles. The van der Waals surface area contributed by atoms with Gasteiger partial charge in [-0.1, -0.05) is 0 Å². The second-order valence-corrected chi connectivity index (χ2v) is 3.86. The quantitative estimate of drug-likeness (QED) is 0.484. The van der Waals surface area contributed by atoms with Crippen LogP contribution in [0.1, 0.15) is 13.8 Å². The molecule has 0 spiro atoms. The molecule has 0 aliphatic heterocycles. The summed E-state index contributed by atoms with van der Waals surface area (Å²) in [5.74, 6) is -0.498. The van der Waals surface area contributed by atoms with E-state index >= 15 is 0 Å². The lowest BCUT2D eigenvalue weighted by Gasteiger charge is -2.19. The van der Waals surface area contributed by atoms with Crippen molar-refractivity contribution in [3.05, 3.63) is 0 Å². The van der Waals surface area contributed by atoms with E-state index in [0.717, 1.165) is 0 Å². The van der Waals surface area contributed by atoms with E-state index in [-0.39, 0.29) is 0 Å². The minimum Gasteiger partial charge on any atom is -0.468 e. The van der Waals surface area contributed by atoms with Crippen molar-refractivity contribution in [3.8, 4) is 0 Å². The van der Waals surface area contributed by atoms with Crippen LogP contribution < -0.4 is 0 Å². The Kier molecular flexibility index (Phi) is 3.46. The van der Waals surface area contributed by atoms with Crippen molar-refractivity contribution in [1.29, 1.82) is 0 Å². The van der Waals surface area contributed by atoms with Gasteiger partial charge in [-0.3, -0.25) is 4.79 Å². The molecule has 0 aromatic heterocycles. The SMILES string of the molecule is COC(=O)C(Cl)C(C)(C)Cl. The van der Waals surface area contributed by atoms with Gasteiger partial charge in [-0.05, 0) is 13.8 Å². The van der Waals surface area contributed by atoms with Gasteiger partial charge in [-0.15, -0.1) is 23.2 Å². The number of carbonyl (C=O) groups is 1. The lowest BCUT2D eigenvalue weighted by Crippen LogP contribution is -2.33. The maximum absolute atomic E-state index is 10.7. The van der Waals surface area contributed by atoms with Crippen molar-refractivity contribution in [3.63, 3.8) is 0 Å². The third-order valence-corrected chi connectivity index (χ3v) is 2.06. The first-order chi connectivity index (χ1) is 4.39. The number of methoxy groups -OCH3 is 1. The van der Waals surface area contributed by atoms with Crippen LogP contribution in [0, 0.1) is 0 Å². The van der Waals surface area contributed by atoms with Crippen LogP contribution in [0.15, 0.2) is 0 Å². The molecule has 0 rings (SSSR count). The van der Waals surface area contributed by atoms with Crippen LogP contribution in [0.4, 0.5) is 0 Å². The van der Waals surface area contributed by atoms with Crippen molar-refractivity contribution in [2.45, 2.75) is 24.1 Å². The van der Waals surface area contributed by atoms with Crippen LogP contribution in [0.3, 0.4) is 0 Å². The Hall–Kier alpha value is 0.0500. The van der Waals surface area contributed by atoms with Crippen molar-refractivity contribution in [2.75, 3.05) is 7.11 Å². The Morgan fingerprint density at radius 2 is 2.00 bits per heavy atom. The topological polar surface area (TPSA) is 26.3 Å². The standard InChI is InChI=1S/C6H10Cl2O2/c1-6(2,8)4(7)5(9)10-3/h4H,1-3H3. The average molecular weight is 185 g/mol. The Morgan fingerprint density at radius 3 is 2.10 bits per heavy atom. The van der Waals surface area contributed by atoms with E-state index in [1.807, 2.05) is 0 Å². The molecule has 0 aromatic carbocycles. The number of hydrogen-bond donors (Lipinski definition) is 0. The molecule has 0 fully saturated rings. The molecule has 0 heterocycles. The molecule has 0 N–H and O–H groups in total. The van der Waals surface area contributed by atoms with Gasteiger partial charge >= 0.3 is 5.97 Å². The zero-order valence-electron chi connectivity index (χ0n) is 6.15. The zero-order chi connectivity index (χ0) is 8.36. The Labute approximate surface area is 70.4 Å². The minimum absolute atomic E-state index is 0.498. The predicted octanol–water partition coefficient (Wildman–Crippen LogP) is 1.78. The summed E-state index contributed by atoms with van der Waals surface area (Å²) in [6.07, 6.45) is 0. The second kappa shape index (κ2) is 3.44. The molecule has 60 valence electrons. The molecule has 1 unspecified atom stereocenters. The molecule has 1 atom stereocenters. The van der Waals surface area contributed by atoms with Gasteiger partial charge in [0.2, 0.25) is 0 Å². The molecule has 0 saturated heterocycles. The van der Waals surface area contributed by atoms with Gasteiger partial charge in [0.25, 0.3) is 0 Å². The van der Waals surface area contributed by atoms with Crippen LogP contribution in [0.25, 0.3) is 0 Å². The van der Waals surface area contributed by atoms with Crippen LogP contribution in [-0.2, 0) is 9.53 Å². The normalized spacial score (nSPS) is 14.5. The number of carbonyl (C=O) groups excluding carboxylic acids is 1. The minimum atomic E-state index is -0.792. The van der Waals surface area contributed by atoms with E-state index in [4.69, 9.17) is 23.2 Å². The smallest absolute Gasteiger partial charge is 0.325 e. The highest BCUT2D eigenvalue weighted by atomic mass is 35.5. The number of alkyl halides is 2. The summed E-state index contributed by atoms with van der Waals surface area (Å²) in [5.41, 5.74) is 0. The summed E-state index contributed by atoms with van der Waals surface area (Å²) >= 11 is 11.3. The maximum atomic E-state index is 10.7. The number of halogens is 2. The third kappa shape index (κ3) is 2.76. The zero-order valence-corrected chi connectivity index (χ0v) is 7.66. The van der Waals surface area contributed by atoms with Crippen LogP contribution in [-0.4, -0.2) is 23.3 Å². The van der Waals surface area contributed by atoms with Crippen molar-refractivity contribution >= 4 is 29.2 Å². The number of rotatable bonds is 2. The Morgan fingerprint density at radius 1 is 1.60 bits per heavy atom. The van der Waals surface area contributed by atoms with Crippen LogP contribution >= 0.6 is 23.2 Å². The van der Waals surface area contributed by atoms with Crippen molar-refractivity contribution < 1.29 is 9.53 Å². The summed E-state index contributed by atoms with van der Waals surface area (Å²) < 4.78 is 4.38. The summed E-state index contributed by atoms with van der Waals surface area (Å²) in [6.45, 7) is 3.31. The van der Waals surface area contributed by atoms with E-state index in [2.05, 4.69) is 4.74 Å². The molecule has 0 radical (unpaired) electrons. The van der Waals surface area contributed by atoms with Gasteiger partial charge in [0.05, 0.1) is 12.0 Å². The number of ether oxygens (including phenoxy) is 1. The number of hydrogen-bond acceptors (Lipinski definition) is 2. The molecule has 0 aliphatic carbocycles. The van der Waals surface area contributed by atoms with E-state index < -0.39 is 16.2 Å². The van der Waals surface area contributed by atoms with Gasteiger partial charge in [0.15, 0.2) is 0 Å². The highest BCUT2D eigenvalue weighted by molar-refractivity contribution is 6.38. The van der Waals surface area contributed by atoms with Crippen LogP contribution in [0.2, 0.25) is 0 Å². The summed E-state index contributed by atoms with van der Waals surface area (Å²) in [6, 6.07) is 0. The first-order valence-corrected chi connectivity index (χ1v) is 3.62. The van der Waals surface area contributed by atoms with Crippen molar-refractivity contribution in [2.24, 2.45) is 0 Å². The maximum Gasteiger partial charge on any atom is 0.325 e. The molecule has 2 nitrogen and oxygen atoms in total. The second-order valence-electron chi connectivity index (χ2n) is 2.45. The van der Waals surface area contributed by atoms with Crippen LogP contribution in [0.5, 0.6) is 0 Å². The van der Waals surface area contributed by atoms with Crippen molar-refractivity contribution in [1.82, 2.24) is 0 Å². The monoisotopic (exact) mass is 184 g/mol. The summed E-state index contributed by atoms with van der Waals surface area (Å²) in [4.78, 5) is 9.96. The van der Waals surface area contributed by atoms with E-state index in [1.54, 1.807) is 13.8 Å². The summed E-state index contributed by atoms with van der Waals surface area (Å²) in [5, 5.41) is -0.792. The van der Waals surface area contributed by atoms with Gasteiger partial charge in [-0.2, -0.15) is 0 Å². The first-order valence-electron chi connectivity index (χ1n) is 2.80. The summed E-state index contributed by atoms with van der Waals surface area (Å²) in [7, 11) is 1.28. The number of esters is 1. The molecular weight excluding hydrogens is 175 g/mol. The fraction of sp³-hybridized carbons (Fsp3) is 0.833. The molecule has 0 amide bonds. The fourth-order valence-corrected chi connectivity index (χ4v) is 0.562. The highest BCUT2D eigenvalue weighted by Crippen LogP contribution is 2.23. The van der Waals surface area contributed by atoms with E-state index in [9.17, 15) is 4.79 Å². The molecular formula is C6H10Cl2O2. The highest BCUT2D eigenvalue weighted by Gasteiger charge is 2.32. The predicted molar refractivity (Wildman–Crippen MR) is 41.6 cm³/mol. The third-order valence-electron chi connectivity index (χ3n) is 1.01. The lowest BCUT2D eigenvalue weighted by molar-refractivity contribution is -0.140. The van der Waals surface area contributed by atoms with Gasteiger partial charge in [-0.25, -0.2) is 0 Å². The molecule has 10 heavy (non-hydrogen) atoms. The lowest BCUT2D eigenvalue weighted by atomic mass is 10.1. The van der Waals surface area contributed by atoms with Gasteiger partial charge in [0, 0.05) is 0 Å². The Balaban J connectivity index is 4.08. The van der Waals surface area contributed by atoms with E-state index in [1.165, 1.54) is 7.11 Å². The first kappa shape index (κ1) is 10.0. The average Bonchev–Trinajstić information content (AvgIpc) is 1.83. The van der Waals surface area contributed by atoms with Gasteiger partial charge in [0.1, 0.15) is 5.38 Å². The largest absolute Gasteiger partial charge is 0.468 e. The molecule has 4 heteroatoms. The van der Waals surface area contributed by atoms with E-state index in [0.29, 0.717) is 0 Å². The van der Waals surface area contributed by atoms with Gasteiger partial charge < -0.3 is 4.74 Å².